The number of rotatable bonds is 3. The largest absolute Gasteiger partial charge is 0.336 e. The van der Waals surface area contributed by atoms with Crippen molar-refractivity contribution < 1.29 is 4.79 Å². The Morgan fingerprint density at radius 3 is 2.75 bits per heavy atom. The molecule has 24 heavy (non-hydrogen) atoms. The Labute approximate surface area is 151 Å². The zero-order valence-corrected chi connectivity index (χ0v) is 14.5. The Morgan fingerprint density at radius 1 is 1.21 bits per heavy atom. The molecule has 124 valence electrons. The van der Waals surface area contributed by atoms with Crippen LogP contribution in [-0.2, 0) is 0 Å². The van der Waals surface area contributed by atoms with Gasteiger partial charge in [0.15, 0.2) is 0 Å². The van der Waals surface area contributed by atoms with E-state index in [-0.39, 0.29) is 6.03 Å². The number of nitrogens with zero attached hydrogens (tertiary/aromatic N) is 2. The van der Waals surface area contributed by atoms with Gasteiger partial charge in [0, 0.05) is 35.1 Å². The van der Waals surface area contributed by atoms with Crippen LogP contribution in [0.15, 0.2) is 53.5 Å². The van der Waals surface area contributed by atoms with Crippen molar-refractivity contribution in [3.05, 3.63) is 64.7 Å². The van der Waals surface area contributed by atoms with Gasteiger partial charge in [0.05, 0.1) is 17.9 Å². The standard InChI is InChI=1S/C18H17Cl2N3O/c19-8-9-22-18(24)23-11-10-21-17(13-4-2-1-3-5-13)15-12-14(20)6-7-16(15)23/h1-7,12H,8-11H2,(H,22,24). The van der Waals surface area contributed by atoms with Gasteiger partial charge in [-0.25, -0.2) is 4.79 Å². The number of hydrogen-bond acceptors (Lipinski definition) is 2. The summed E-state index contributed by atoms with van der Waals surface area (Å²) in [7, 11) is 0. The van der Waals surface area contributed by atoms with E-state index in [1.165, 1.54) is 0 Å². The van der Waals surface area contributed by atoms with Crippen molar-refractivity contribution in [2.45, 2.75) is 0 Å². The fourth-order valence-electron chi connectivity index (χ4n) is 2.70. The normalized spacial score (nSPS) is 13.8. The SMILES string of the molecule is O=C(NCCCl)N1CCN=C(c2ccccc2)c2cc(Cl)ccc21. The quantitative estimate of drug-likeness (QED) is 0.826. The molecule has 3 rings (SSSR count). The molecular formula is C18H17Cl2N3O. The minimum Gasteiger partial charge on any atom is -0.336 e. The Bertz CT molecular complexity index is 762. The predicted molar refractivity (Wildman–Crippen MR) is 99.9 cm³/mol. The number of amides is 2. The number of carbonyl (C=O) groups is 1. The molecule has 0 aliphatic carbocycles. The molecule has 0 unspecified atom stereocenters. The number of alkyl halides is 1. The average Bonchev–Trinajstić information content (AvgIpc) is 2.79. The number of benzodiazepines with no additional fused rings is 1. The van der Waals surface area contributed by atoms with Gasteiger partial charge >= 0.3 is 6.03 Å². The smallest absolute Gasteiger partial charge is 0.321 e. The summed E-state index contributed by atoms with van der Waals surface area (Å²) in [5, 5.41) is 3.42. The zero-order chi connectivity index (χ0) is 16.9. The van der Waals surface area contributed by atoms with Crippen molar-refractivity contribution in [2.75, 3.05) is 30.4 Å². The fraction of sp³-hybridized carbons (Fsp3) is 0.222. The molecule has 2 aromatic rings. The van der Waals surface area contributed by atoms with Gasteiger partial charge in [0.2, 0.25) is 0 Å². The van der Waals surface area contributed by atoms with E-state index in [0.29, 0.717) is 30.5 Å². The lowest BCUT2D eigenvalue weighted by Crippen LogP contribution is -2.42. The van der Waals surface area contributed by atoms with E-state index in [9.17, 15) is 4.79 Å². The van der Waals surface area contributed by atoms with Crippen LogP contribution in [0.4, 0.5) is 10.5 Å². The molecule has 6 heteroatoms. The first-order chi connectivity index (χ1) is 11.7. The second-order valence-electron chi connectivity index (χ2n) is 5.33. The van der Waals surface area contributed by atoms with Crippen molar-refractivity contribution in [3.8, 4) is 0 Å². The van der Waals surface area contributed by atoms with Gasteiger partial charge in [0.1, 0.15) is 0 Å². The molecule has 0 saturated heterocycles. The topological polar surface area (TPSA) is 44.7 Å². The maximum atomic E-state index is 12.5. The number of fused-ring (bicyclic) bond motifs is 1. The molecule has 0 saturated carbocycles. The van der Waals surface area contributed by atoms with E-state index >= 15 is 0 Å². The van der Waals surface area contributed by atoms with Crippen molar-refractivity contribution >= 4 is 40.6 Å². The summed E-state index contributed by atoms with van der Waals surface area (Å²) >= 11 is 11.9. The molecule has 1 heterocycles. The number of carbonyl (C=O) groups excluding carboxylic acids is 1. The van der Waals surface area contributed by atoms with E-state index < -0.39 is 0 Å². The van der Waals surface area contributed by atoms with E-state index in [0.717, 1.165) is 22.5 Å². The number of urea groups is 1. The molecule has 0 radical (unpaired) electrons. The molecule has 0 bridgehead atoms. The third-order valence-corrected chi connectivity index (χ3v) is 4.19. The van der Waals surface area contributed by atoms with Gasteiger partial charge in [0.25, 0.3) is 0 Å². The molecule has 1 aliphatic heterocycles. The molecular weight excluding hydrogens is 345 g/mol. The first-order valence-corrected chi connectivity index (χ1v) is 8.63. The minimum atomic E-state index is -0.177. The number of hydrogen-bond donors (Lipinski definition) is 1. The van der Waals surface area contributed by atoms with E-state index in [1.807, 2.05) is 42.5 Å². The lowest BCUT2D eigenvalue weighted by Gasteiger charge is -2.23. The molecule has 0 fully saturated rings. The zero-order valence-electron chi connectivity index (χ0n) is 13.0. The lowest BCUT2D eigenvalue weighted by atomic mass is 10.0. The molecule has 2 aromatic carbocycles. The van der Waals surface area contributed by atoms with Crippen molar-refractivity contribution in [1.82, 2.24) is 5.32 Å². The maximum Gasteiger partial charge on any atom is 0.321 e. The van der Waals surface area contributed by atoms with Crippen LogP contribution in [0.5, 0.6) is 0 Å². The second-order valence-corrected chi connectivity index (χ2v) is 6.14. The monoisotopic (exact) mass is 361 g/mol. The van der Waals surface area contributed by atoms with Gasteiger partial charge in [-0.2, -0.15) is 0 Å². The Balaban J connectivity index is 2.04. The number of benzene rings is 2. The molecule has 4 nitrogen and oxygen atoms in total. The predicted octanol–water partition coefficient (Wildman–Crippen LogP) is 3.95. The first-order valence-electron chi connectivity index (χ1n) is 7.72. The van der Waals surface area contributed by atoms with Crippen LogP contribution in [0, 0.1) is 0 Å². The maximum absolute atomic E-state index is 12.5. The highest BCUT2D eigenvalue weighted by atomic mass is 35.5. The van der Waals surface area contributed by atoms with Crippen LogP contribution < -0.4 is 10.2 Å². The highest BCUT2D eigenvalue weighted by molar-refractivity contribution is 6.31. The average molecular weight is 362 g/mol. The lowest BCUT2D eigenvalue weighted by molar-refractivity contribution is 0.247. The van der Waals surface area contributed by atoms with Gasteiger partial charge in [-0.1, -0.05) is 41.9 Å². The van der Waals surface area contributed by atoms with Crippen molar-refractivity contribution in [2.24, 2.45) is 4.99 Å². The van der Waals surface area contributed by atoms with Gasteiger partial charge in [-0.3, -0.25) is 9.89 Å². The van der Waals surface area contributed by atoms with Gasteiger partial charge in [-0.15, -0.1) is 11.6 Å². The molecule has 1 N–H and O–H groups in total. The third-order valence-electron chi connectivity index (χ3n) is 3.76. The highest BCUT2D eigenvalue weighted by Crippen LogP contribution is 2.29. The van der Waals surface area contributed by atoms with Crippen LogP contribution >= 0.6 is 23.2 Å². The molecule has 0 atom stereocenters. The highest BCUT2D eigenvalue weighted by Gasteiger charge is 2.24. The summed E-state index contributed by atoms with van der Waals surface area (Å²) in [4.78, 5) is 18.9. The van der Waals surface area contributed by atoms with E-state index in [2.05, 4.69) is 5.32 Å². The van der Waals surface area contributed by atoms with Crippen LogP contribution in [0.25, 0.3) is 0 Å². The second kappa shape index (κ2) is 7.69. The Hall–Kier alpha value is -2.04. The van der Waals surface area contributed by atoms with Crippen LogP contribution in [0.2, 0.25) is 5.02 Å². The molecule has 0 spiro atoms. The van der Waals surface area contributed by atoms with Crippen LogP contribution in [0.1, 0.15) is 11.1 Å². The van der Waals surface area contributed by atoms with Gasteiger partial charge < -0.3 is 5.32 Å². The summed E-state index contributed by atoms with van der Waals surface area (Å²) < 4.78 is 0. The first kappa shape index (κ1) is 16.8. The van der Waals surface area contributed by atoms with Crippen LogP contribution in [-0.4, -0.2) is 37.3 Å². The summed E-state index contributed by atoms with van der Waals surface area (Å²) in [6.07, 6.45) is 0. The van der Waals surface area contributed by atoms with Crippen molar-refractivity contribution in [1.29, 1.82) is 0 Å². The fourth-order valence-corrected chi connectivity index (χ4v) is 2.97. The molecule has 2 amide bonds. The Kier molecular flexibility index (Phi) is 5.38. The summed E-state index contributed by atoms with van der Waals surface area (Å²) in [6.45, 7) is 1.44. The number of nitrogens with one attached hydrogen (secondary N) is 1. The van der Waals surface area contributed by atoms with E-state index in [4.69, 9.17) is 28.2 Å². The molecule has 0 aromatic heterocycles. The van der Waals surface area contributed by atoms with Gasteiger partial charge in [-0.05, 0) is 18.2 Å². The van der Waals surface area contributed by atoms with E-state index in [1.54, 1.807) is 11.0 Å². The van der Waals surface area contributed by atoms with Crippen molar-refractivity contribution in [3.63, 3.8) is 0 Å². The Morgan fingerprint density at radius 2 is 2.00 bits per heavy atom. The number of halogens is 2. The summed E-state index contributed by atoms with van der Waals surface area (Å²) in [5.74, 6) is 0.374. The summed E-state index contributed by atoms with van der Waals surface area (Å²) in [5.41, 5.74) is 3.50. The number of anilines is 1. The number of aliphatic imine (C=N–C) groups is 1. The third kappa shape index (κ3) is 3.55. The van der Waals surface area contributed by atoms with Crippen LogP contribution in [0.3, 0.4) is 0 Å². The molecule has 1 aliphatic rings. The minimum absolute atomic E-state index is 0.177. The summed E-state index contributed by atoms with van der Waals surface area (Å²) in [6, 6.07) is 15.2.